The number of ketones is 2. The van der Waals surface area contributed by atoms with Crippen LogP contribution in [-0.4, -0.2) is 59.7 Å². The van der Waals surface area contributed by atoms with Gasteiger partial charge in [0.15, 0.2) is 28.9 Å². The fourth-order valence-corrected chi connectivity index (χ4v) is 9.76. The summed E-state index contributed by atoms with van der Waals surface area (Å²) in [5.41, 5.74) is -0.184. The minimum Gasteiger partial charge on any atom is -0.502 e. The number of amides is 2. The Bertz CT molecular complexity index is 2460. The molecule has 10 nitrogen and oxygen atoms in total. The molecular weight excluding hydrogens is 787 g/mol. The molecule has 1 aromatic heterocycles. The first-order chi connectivity index (χ1) is 28.2. The van der Waals surface area contributed by atoms with Gasteiger partial charge in [0.1, 0.15) is 5.69 Å². The minimum absolute atomic E-state index is 0.0149. The van der Waals surface area contributed by atoms with Crippen molar-refractivity contribution in [2.75, 3.05) is 26.3 Å². The van der Waals surface area contributed by atoms with E-state index in [1.165, 1.54) is 27.3 Å². The molecule has 0 spiro atoms. The first kappa shape index (κ1) is 39.6. The standard InChI is InChI=1S/C45H37ClF3N3O7/c1-51(41-33(46)18-19-36(50-41)45(47,48)49)52-42(56)28-16-15-27-30(38(28)43(52)57)22-32-39(54)29(25-10-6-4-7-11-25)23-37(53)44(32,26-12-8-5-9-13-26)31(27)17-14-24-20-34(58-2)40(55)35(21-24)59-3/h4-15,17-21,23,28,30-32,38,55H,16,22H2,1-3H3/t28-,30+,31-,32-,38-,44-/m0/s1. The van der Waals surface area contributed by atoms with Gasteiger partial charge in [-0.15, -0.1) is 0 Å². The van der Waals surface area contributed by atoms with Crippen molar-refractivity contribution < 1.29 is 46.9 Å². The highest BCUT2D eigenvalue weighted by atomic mass is 35.5. The first-order valence-corrected chi connectivity index (χ1v) is 19.2. The fourth-order valence-electron chi connectivity index (χ4n) is 9.53. The number of hydrazine groups is 1. The minimum atomic E-state index is -4.82. The zero-order chi connectivity index (χ0) is 42.0. The summed E-state index contributed by atoms with van der Waals surface area (Å²) in [7, 11) is 4.04. The van der Waals surface area contributed by atoms with Crippen LogP contribution in [0.3, 0.4) is 0 Å². The van der Waals surface area contributed by atoms with E-state index in [4.69, 9.17) is 21.1 Å². The van der Waals surface area contributed by atoms with Gasteiger partial charge in [0.2, 0.25) is 5.75 Å². The van der Waals surface area contributed by atoms with Crippen molar-refractivity contribution in [2.45, 2.75) is 24.4 Å². The first-order valence-electron chi connectivity index (χ1n) is 18.8. The van der Waals surface area contributed by atoms with E-state index >= 15 is 9.59 Å². The molecule has 0 unspecified atom stereocenters. The van der Waals surface area contributed by atoms with E-state index in [-0.39, 0.29) is 52.3 Å². The van der Waals surface area contributed by atoms with Crippen molar-refractivity contribution >= 4 is 52.4 Å². The number of methoxy groups -OCH3 is 2. The number of hydrogen-bond acceptors (Lipinski definition) is 9. The molecule has 3 aliphatic carbocycles. The lowest BCUT2D eigenvalue weighted by Gasteiger charge is -2.54. The van der Waals surface area contributed by atoms with Crippen LogP contribution in [0.1, 0.15) is 35.2 Å². The Morgan fingerprint density at radius 3 is 2.19 bits per heavy atom. The summed E-state index contributed by atoms with van der Waals surface area (Å²) >= 11 is 6.33. The van der Waals surface area contributed by atoms with Crippen LogP contribution in [-0.2, 0) is 30.8 Å². The van der Waals surface area contributed by atoms with E-state index in [0.29, 0.717) is 28.3 Å². The average molecular weight is 824 g/mol. The smallest absolute Gasteiger partial charge is 0.433 e. The van der Waals surface area contributed by atoms with Crippen LogP contribution >= 0.6 is 11.6 Å². The van der Waals surface area contributed by atoms with Gasteiger partial charge in [-0.3, -0.25) is 24.2 Å². The van der Waals surface area contributed by atoms with Gasteiger partial charge in [0.05, 0.1) is 36.5 Å². The van der Waals surface area contributed by atoms with E-state index in [1.807, 2.05) is 30.4 Å². The number of fused-ring (bicyclic) bond motifs is 4. The van der Waals surface area contributed by atoms with Crippen molar-refractivity contribution in [3.05, 3.63) is 136 Å². The van der Waals surface area contributed by atoms with Crippen LogP contribution in [0.2, 0.25) is 5.02 Å². The summed E-state index contributed by atoms with van der Waals surface area (Å²) in [5, 5.41) is 12.2. The van der Waals surface area contributed by atoms with Gasteiger partial charge in [0, 0.05) is 24.5 Å². The molecule has 4 aliphatic rings. The Hall–Kier alpha value is -6.21. The van der Waals surface area contributed by atoms with Gasteiger partial charge in [0.25, 0.3) is 11.8 Å². The zero-order valence-electron chi connectivity index (χ0n) is 31.9. The number of aromatic hydroxyl groups is 1. The van der Waals surface area contributed by atoms with E-state index < -0.39 is 64.5 Å². The van der Waals surface area contributed by atoms with E-state index in [0.717, 1.165) is 16.1 Å². The molecule has 2 amide bonds. The second kappa shape index (κ2) is 14.9. The van der Waals surface area contributed by atoms with Gasteiger partial charge in [-0.1, -0.05) is 96.1 Å². The topological polar surface area (TPSA) is 126 Å². The van der Waals surface area contributed by atoms with Crippen molar-refractivity contribution in [2.24, 2.45) is 29.6 Å². The third-order valence-electron chi connectivity index (χ3n) is 12.1. The molecule has 302 valence electrons. The summed E-state index contributed by atoms with van der Waals surface area (Å²) in [6, 6.07) is 22.8. The van der Waals surface area contributed by atoms with E-state index in [1.54, 1.807) is 60.7 Å². The summed E-state index contributed by atoms with van der Waals surface area (Å²) in [6.45, 7) is 0. The molecule has 0 bridgehead atoms. The van der Waals surface area contributed by atoms with Crippen LogP contribution in [0.4, 0.5) is 19.0 Å². The molecule has 2 fully saturated rings. The number of rotatable bonds is 8. The van der Waals surface area contributed by atoms with Gasteiger partial charge in [-0.25, -0.2) is 4.98 Å². The van der Waals surface area contributed by atoms with Gasteiger partial charge < -0.3 is 14.6 Å². The molecular formula is C45H37ClF3N3O7. The van der Waals surface area contributed by atoms with Gasteiger partial charge in [-0.2, -0.15) is 18.2 Å². The quantitative estimate of drug-likeness (QED) is 0.140. The maximum atomic E-state index is 15.2. The molecule has 1 N–H and O–H groups in total. The summed E-state index contributed by atoms with van der Waals surface area (Å²) in [4.78, 5) is 63.0. The maximum absolute atomic E-state index is 15.2. The number of imide groups is 1. The SMILES string of the molecule is COc1cc(C=C[C@H]2C3=CC[C@@H]4C(=O)N(N(C)c5nc(C(F)(F)F)ccc5Cl)C(=O)[C@@H]4[C@@H]3C[C@H]3C(=O)C(c4ccccc4)=CC(=O)[C@@]23c2ccccc2)cc(OC)c1O. The third kappa shape index (κ3) is 6.30. The Balaban J connectivity index is 1.30. The lowest BCUT2D eigenvalue weighted by Crippen LogP contribution is -2.59. The molecule has 6 atom stereocenters. The number of carbonyl (C=O) groups is 4. The average Bonchev–Trinajstić information content (AvgIpc) is 3.49. The Morgan fingerprint density at radius 2 is 1.56 bits per heavy atom. The molecule has 1 saturated carbocycles. The number of carbonyl (C=O) groups excluding carboxylic acids is 4. The molecule has 14 heteroatoms. The number of anilines is 1. The maximum Gasteiger partial charge on any atom is 0.433 e. The van der Waals surface area contributed by atoms with Crippen LogP contribution in [0.15, 0.2) is 109 Å². The Labute approximate surface area is 342 Å². The van der Waals surface area contributed by atoms with Crippen LogP contribution in [0.25, 0.3) is 11.6 Å². The summed E-state index contributed by atoms with van der Waals surface area (Å²) < 4.78 is 52.0. The Morgan fingerprint density at radius 1 is 0.915 bits per heavy atom. The number of benzene rings is 3. The number of pyridine rings is 1. The van der Waals surface area contributed by atoms with Crippen molar-refractivity contribution in [1.29, 1.82) is 0 Å². The molecule has 4 aromatic rings. The number of ether oxygens (including phenoxy) is 2. The van der Waals surface area contributed by atoms with Crippen molar-refractivity contribution in [3.8, 4) is 17.2 Å². The highest BCUT2D eigenvalue weighted by molar-refractivity contribution is 6.33. The normalized spacial score (nSPS) is 25.3. The number of nitrogens with zero attached hydrogens (tertiary/aromatic N) is 3. The largest absolute Gasteiger partial charge is 0.502 e. The van der Waals surface area contributed by atoms with Crippen LogP contribution in [0.5, 0.6) is 17.2 Å². The third-order valence-corrected chi connectivity index (χ3v) is 12.4. The molecule has 8 rings (SSSR count). The summed E-state index contributed by atoms with van der Waals surface area (Å²) in [6.07, 6.45) is 2.09. The molecule has 59 heavy (non-hydrogen) atoms. The molecule has 3 aromatic carbocycles. The number of alkyl halides is 3. The van der Waals surface area contributed by atoms with Crippen LogP contribution in [0, 0.1) is 29.6 Å². The van der Waals surface area contributed by atoms with Crippen LogP contribution < -0.4 is 14.5 Å². The predicted molar refractivity (Wildman–Crippen MR) is 212 cm³/mol. The van der Waals surface area contributed by atoms with Gasteiger partial charge in [-0.05, 0) is 65.8 Å². The number of phenols is 1. The lowest BCUT2D eigenvalue weighted by molar-refractivity contribution is -0.141. The van der Waals surface area contributed by atoms with E-state index in [2.05, 4.69) is 4.98 Å². The number of phenolic OH excluding ortho intramolecular Hbond substituents is 1. The van der Waals surface area contributed by atoms with E-state index in [9.17, 15) is 27.9 Å². The number of halogens is 4. The molecule has 0 radical (unpaired) electrons. The number of hydrogen-bond donors (Lipinski definition) is 1. The highest BCUT2D eigenvalue weighted by Crippen LogP contribution is 2.61. The lowest BCUT2D eigenvalue weighted by atomic mass is 9.45. The predicted octanol–water partition coefficient (Wildman–Crippen LogP) is 7.90. The number of Topliss-reactive ketones (excluding diaryl/α,β-unsaturated/α-hetero) is 1. The Kier molecular flexibility index (Phi) is 9.98. The number of aromatic nitrogens is 1. The molecule has 2 heterocycles. The second-order valence-electron chi connectivity index (χ2n) is 15.0. The molecule has 1 aliphatic heterocycles. The highest BCUT2D eigenvalue weighted by Gasteiger charge is 2.65. The summed E-state index contributed by atoms with van der Waals surface area (Å²) in [5.74, 6) is -6.93. The fraction of sp³-hybridized carbons (Fsp3) is 0.267. The van der Waals surface area contributed by atoms with Crippen molar-refractivity contribution in [3.63, 3.8) is 0 Å². The molecule has 1 saturated heterocycles. The monoisotopic (exact) mass is 823 g/mol. The zero-order valence-corrected chi connectivity index (χ0v) is 32.7. The van der Waals surface area contributed by atoms with Gasteiger partial charge >= 0.3 is 6.18 Å². The van der Waals surface area contributed by atoms with Crippen molar-refractivity contribution in [1.82, 2.24) is 9.99 Å². The number of allylic oxidation sites excluding steroid dienone is 5. The second-order valence-corrected chi connectivity index (χ2v) is 15.4.